The fourth-order valence-corrected chi connectivity index (χ4v) is 2.11. The van der Waals surface area contributed by atoms with Crippen molar-refractivity contribution in [2.45, 2.75) is 26.4 Å². The van der Waals surface area contributed by atoms with E-state index in [9.17, 15) is 9.90 Å². The topological polar surface area (TPSA) is 55.8 Å². The van der Waals surface area contributed by atoms with E-state index in [4.69, 9.17) is 9.47 Å². The Balaban J connectivity index is 2.12. The highest BCUT2D eigenvalue weighted by molar-refractivity contribution is 5.73. The molecule has 116 valence electrons. The van der Waals surface area contributed by atoms with Gasteiger partial charge in [-0.2, -0.15) is 0 Å². The molecule has 1 N–H and O–H groups in total. The zero-order valence-corrected chi connectivity index (χ0v) is 13.0. The maximum atomic E-state index is 11.4. The third-order valence-corrected chi connectivity index (χ3v) is 3.61. The van der Waals surface area contributed by atoms with E-state index in [1.807, 2.05) is 50.2 Å². The summed E-state index contributed by atoms with van der Waals surface area (Å²) in [6.45, 7) is 3.98. The molecule has 0 saturated carbocycles. The van der Waals surface area contributed by atoms with E-state index in [-0.39, 0.29) is 0 Å². The summed E-state index contributed by atoms with van der Waals surface area (Å²) in [7, 11) is 1.60. The lowest BCUT2D eigenvalue weighted by molar-refractivity contribution is -0.145. The minimum Gasteiger partial charge on any atom is -0.497 e. The van der Waals surface area contributed by atoms with Crippen LogP contribution in [0.5, 0.6) is 11.5 Å². The Hall–Kier alpha value is -2.49. The van der Waals surface area contributed by atoms with Crippen molar-refractivity contribution in [1.82, 2.24) is 0 Å². The Labute approximate surface area is 130 Å². The fraction of sp³-hybridized carbons (Fsp3) is 0.278. The van der Waals surface area contributed by atoms with Crippen LogP contribution in [0.15, 0.2) is 42.5 Å². The van der Waals surface area contributed by atoms with Crippen LogP contribution in [0.2, 0.25) is 0 Å². The lowest BCUT2D eigenvalue weighted by atomic mass is 10.1. The average Bonchev–Trinajstić information content (AvgIpc) is 2.51. The van der Waals surface area contributed by atoms with Crippen molar-refractivity contribution in [3.8, 4) is 11.5 Å². The second kappa shape index (κ2) is 6.98. The number of methoxy groups -OCH3 is 1. The van der Waals surface area contributed by atoms with Crippen molar-refractivity contribution < 1.29 is 19.4 Å². The van der Waals surface area contributed by atoms with Gasteiger partial charge in [0.1, 0.15) is 11.5 Å². The Kier molecular flexibility index (Phi) is 5.04. The molecule has 0 aliphatic heterocycles. The van der Waals surface area contributed by atoms with Crippen LogP contribution in [-0.4, -0.2) is 24.3 Å². The summed E-state index contributed by atoms with van der Waals surface area (Å²) < 4.78 is 10.7. The smallest absolute Gasteiger partial charge is 0.345 e. The predicted molar refractivity (Wildman–Crippen MR) is 84.7 cm³/mol. The molecule has 0 amide bonds. The zero-order valence-electron chi connectivity index (χ0n) is 13.0. The second-order valence-corrected chi connectivity index (χ2v) is 5.24. The first kappa shape index (κ1) is 15.9. The number of aliphatic carboxylic acids is 1. The van der Waals surface area contributed by atoms with E-state index in [1.165, 1.54) is 0 Å². The first-order valence-corrected chi connectivity index (χ1v) is 7.09. The molecule has 0 aliphatic carbocycles. The van der Waals surface area contributed by atoms with Gasteiger partial charge in [-0.25, -0.2) is 4.79 Å². The molecule has 0 aliphatic rings. The Bertz CT molecular complexity index is 647. The summed E-state index contributed by atoms with van der Waals surface area (Å²) in [5, 5.41) is 9.37. The molecule has 2 aromatic rings. The van der Waals surface area contributed by atoms with Crippen LogP contribution in [0.1, 0.15) is 16.7 Å². The number of ether oxygens (including phenoxy) is 2. The van der Waals surface area contributed by atoms with Crippen LogP contribution in [0, 0.1) is 13.8 Å². The number of benzene rings is 2. The van der Waals surface area contributed by atoms with Gasteiger partial charge in [-0.1, -0.05) is 18.2 Å². The summed E-state index contributed by atoms with van der Waals surface area (Å²) in [6.07, 6.45) is -0.623. The minimum atomic E-state index is -0.978. The predicted octanol–water partition coefficient (Wildman–Crippen LogP) is 3.39. The van der Waals surface area contributed by atoms with E-state index in [0.29, 0.717) is 12.2 Å². The van der Waals surface area contributed by atoms with Gasteiger partial charge in [0.2, 0.25) is 0 Å². The first-order chi connectivity index (χ1) is 10.5. The van der Waals surface area contributed by atoms with Crippen LogP contribution >= 0.6 is 0 Å². The van der Waals surface area contributed by atoms with Gasteiger partial charge in [-0.3, -0.25) is 0 Å². The molecule has 1 atom stereocenters. The lowest BCUT2D eigenvalue weighted by Crippen LogP contribution is -2.29. The molecule has 4 nitrogen and oxygen atoms in total. The largest absolute Gasteiger partial charge is 0.497 e. The van der Waals surface area contributed by atoms with Crippen LogP contribution in [-0.2, 0) is 11.2 Å². The zero-order chi connectivity index (χ0) is 16.1. The molecular formula is C18H20O4. The number of rotatable bonds is 6. The van der Waals surface area contributed by atoms with Crippen molar-refractivity contribution in [2.24, 2.45) is 0 Å². The highest BCUT2D eigenvalue weighted by atomic mass is 16.5. The molecule has 2 rings (SSSR count). The molecule has 2 aromatic carbocycles. The van der Waals surface area contributed by atoms with Crippen LogP contribution in [0.4, 0.5) is 0 Å². The van der Waals surface area contributed by atoms with E-state index >= 15 is 0 Å². The fourth-order valence-electron chi connectivity index (χ4n) is 2.11. The maximum Gasteiger partial charge on any atom is 0.345 e. The Morgan fingerprint density at radius 2 is 1.68 bits per heavy atom. The molecule has 0 fully saturated rings. The van der Waals surface area contributed by atoms with Crippen molar-refractivity contribution in [1.29, 1.82) is 0 Å². The van der Waals surface area contributed by atoms with Gasteiger partial charge < -0.3 is 14.6 Å². The number of aryl methyl sites for hydroxylation is 2. The molecule has 0 radical (unpaired) electrons. The molecule has 4 heteroatoms. The van der Waals surface area contributed by atoms with Crippen molar-refractivity contribution >= 4 is 5.97 Å². The van der Waals surface area contributed by atoms with Gasteiger partial charge in [-0.15, -0.1) is 0 Å². The number of carboxylic acids is 1. The highest BCUT2D eigenvalue weighted by Crippen LogP contribution is 2.20. The Morgan fingerprint density at radius 1 is 1.05 bits per heavy atom. The van der Waals surface area contributed by atoms with Gasteiger partial charge in [0.05, 0.1) is 7.11 Å². The van der Waals surface area contributed by atoms with Gasteiger partial charge in [-0.05, 0) is 54.8 Å². The van der Waals surface area contributed by atoms with E-state index in [1.54, 1.807) is 13.2 Å². The van der Waals surface area contributed by atoms with Gasteiger partial charge >= 0.3 is 5.97 Å². The van der Waals surface area contributed by atoms with E-state index < -0.39 is 12.1 Å². The highest BCUT2D eigenvalue weighted by Gasteiger charge is 2.20. The molecule has 22 heavy (non-hydrogen) atoms. The SMILES string of the molecule is COc1ccc(C[C@@H](Oc2ccc(C)c(C)c2)C(=O)O)cc1. The molecular weight excluding hydrogens is 280 g/mol. The first-order valence-electron chi connectivity index (χ1n) is 7.09. The van der Waals surface area contributed by atoms with Crippen molar-refractivity contribution in [3.63, 3.8) is 0 Å². The number of carbonyl (C=O) groups is 1. The second-order valence-electron chi connectivity index (χ2n) is 5.24. The van der Waals surface area contributed by atoms with E-state index in [2.05, 4.69) is 0 Å². The standard InChI is InChI=1S/C18H20O4/c1-12-4-7-16(10-13(12)2)22-17(18(19)20)11-14-5-8-15(21-3)9-6-14/h4-10,17H,11H2,1-3H3,(H,19,20)/t17-/m1/s1. The molecule has 0 spiro atoms. The number of hydrogen-bond acceptors (Lipinski definition) is 3. The van der Waals surface area contributed by atoms with E-state index in [0.717, 1.165) is 22.4 Å². The quantitative estimate of drug-likeness (QED) is 0.888. The third kappa shape index (κ3) is 4.01. The van der Waals surface area contributed by atoms with Gasteiger partial charge in [0.25, 0.3) is 0 Å². The third-order valence-electron chi connectivity index (χ3n) is 3.61. The average molecular weight is 300 g/mol. The summed E-state index contributed by atoms with van der Waals surface area (Å²) in [5.41, 5.74) is 3.11. The summed E-state index contributed by atoms with van der Waals surface area (Å²) in [5.74, 6) is 0.337. The minimum absolute atomic E-state index is 0.298. The van der Waals surface area contributed by atoms with Crippen molar-refractivity contribution in [2.75, 3.05) is 7.11 Å². The summed E-state index contributed by atoms with van der Waals surface area (Å²) in [4.78, 5) is 11.4. The van der Waals surface area contributed by atoms with Crippen LogP contribution in [0.3, 0.4) is 0 Å². The summed E-state index contributed by atoms with van der Waals surface area (Å²) >= 11 is 0. The van der Waals surface area contributed by atoms with Gasteiger partial charge in [0.15, 0.2) is 6.10 Å². The normalized spacial score (nSPS) is 11.8. The summed E-state index contributed by atoms with van der Waals surface area (Å²) in [6, 6.07) is 12.9. The molecule has 0 bridgehead atoms. The molecule has 0 heterocycles. The monoisotopic (exact) mass is 300 g/mol. The number of hydrogen-bond donors (Lipinski definition) is 1. The molecule has 0 saturated heterocycles. The lowest BCUT2D eigenvalue weighted by Gasteiger charge is -2.16. The molecule has 0 aromatic heterocycles. The Morgan fingerprint density at radius 3 is 2.23 bits per heavy atom. The van der Waals surface area contributed by atoms with Crippen LogP contribution < -0.4 is 9.47 Å². The van der Waals surface area contributed by atoms with Crippen molar-refractivity contribution in [3.05, 3.63) is 59.2 Å². The van der Waals surface area contributed by atoms with Crippen LogP contribution in [0.25, 0.3) is 0 Å². The number of carboxylic acid groups (broad SMARTS) is 1. The molecule has 0 unspecified atom stereocenters. The van der Waals surface area contributed by atoms with Gasteiger partial charge in [0, 0.05) is 6.42 Å². The maximum absolute atomic E-state index is 11.4.